The SMILES string of the molecule is Cc1ccc(NC(=O)c2ccccc2)cc1NC(=O)c1cccc(C#N)c1. The zero-order chi connectivity index (χ0) is 19.2. The first-order valence-electron chi connectivity index (χ1n) is 8.35. The van der Waals surface area contributed by atoms with Gasteiger partial charge in [0.25, 0.3) is 11.8 Å². The molecule has 0 heterocycles. The molecule has 0 atom stereocenters. The minimum absolute atomic E-state index is 0.224. The maximum absolute atomic E-state index is 12.5. The second-order valence-electron chi connectivity index (χ2n) is 6.00. The Morgan fingerprint density at radius 2 is 1.52 bits per heavy atom. The molecular formula is C22H17N3O2. The number of anilines is 2. The van der Waals surface area contributed by atoms with Gasteiger partial charge in [-0.1, -0.05) is 30.3 Å². The molecule has 132 valence electrons. The van der Waals surface area contributed by atoms with Crippen LogP contribution in [0, 0.1) is 18.3 Å². The van der Waals surface area contributed by atoms with Crippen molar-refractivity contribution in [2.75, 3.05) is 10.6 Å². The second kappa shape index (κ2) is 7.98. The molecule has 0 bridgehead atoms. The largest absolute Gasteiger partial charge is 0.322 e. The lowest BCUT2D eigenvalue weighted by Crippen LogP contribution is -2.15. The minimum atomic E-state index is -0.318. The van der Waals surface area contributed by atoms with E-state index in [4.69, 9.17) is 5.26 Å². The summed E-state index contributed by atoms with van der Waals surface area (Å²) in [7, 11) is 0. The van der Waals surface area contributed by atoms with Crippen LogP contribution in [0.5, 0.6) is 0 Å². The van der Waals surface area contributed by atoms with Gasteiger partial charge in [0.15, 0.2) is 0 Å². The maximum Gasteiger partial charge on any atom is 0.255 e. The van der Waals surface area contributed by atoms with Crippen LogP contribution >= 0.6 is 0 Å². The number of carbonyl (C=O) groups is 2. The molecule has 0 aliphatic carbocycles. The van der Waals surface area contributed by atoms with Crippen LogP contribution in [0.1, 0.15) is 31.8 Å². The first-order valence-corrected chi connectivity index (χ1v) is 8.35. The molecule has 5 nitrogen and oxygen atoms in total. The van der Waals surface area contributed by atoms with Crippen molar-refractivity contribution in [3.8, 4) is 6.07 Å². The van der Waals surface area contributed by atoms with Gasteiger partial charge in [0, 0.05) is 22.5 Å². The molecule has 2 amide bonds. The number of carbonyl (C=O) groups excluding carboxylic acids is 2. The summed E-state index contributed by atoms with van der Waals surface area (Å²) >= 11 is 0. The Morgan fingerprint density at radius 1 is 0.815 bits per heavy atom. The number of nitrogens with zero attached hydrogens (tertiary/aromatic N) is 1. The van der Waals surface area contributed by atoms with E-state index in [1.165, 1.54) is 6.07 Å². The van der Waals surface area contributed by atoms with E-state index in [1.54, 1.807) is 54.6 Å². The average molecular weight is 355 g/mol. The molecule has 0 saturated heterocycles. The highest BCUT2D eigenvalue weighted by Crippen LogP contribution is 2.22. The molecule has 3 aromatic carbocycles. The first-order chi connectivity index (χ1) is 13.1. The summed E-state index contributed by atoms with van der Waals surface area (Å²) in [4.78, 5) is 24.8. The van der Waals surface area contributed by atoms with Gasteiger partial charge >= 0.3 is 0 Å². The highest BCUT2D eigenvalue weighted by molar-refractivity contribution is 6.06. The van der Waals surface area contributed by atoms with Crippen molar-refractivity contribution in [1.82, 2.24) is 0 Å². The molecule has 0 saturated carbocycles. The molecule has 0 aliphatic heterocycles. The highest BCUT2D eigenvalue weighted by Gasteiger charge is 2.11. The van der Waals surface area contributed by atoms with Gasteiger partial charge < -0.3 is 10.6 Å². The van der Waals surface area contributed by atoms with Crippen LogP contribution in [0.2, 0.25) is 0 Å². The lowest BCUT2D eigenvalue weighted by atomic mass is 10.1. The zero-order valence-electron chi connectivity index (χ0n) is 14.7. The van der Waals surface area contributed by atoms with E-state index in [1.807, 2.05) is 25.1 Å². The average Bonchev–Trinajstić information content (AvgIpc) is 2.71. The summed E-state index contributed by atoms with van der Waals surface area (Å²) in [6.45, 7) is 1.87. The van der Waals surface area contributed by atoms with Gasteiger partial charge in [0.05, 0.1) is 11.6 Å². The van der Waals surface area contributed by atoms with Crippen LogP contribution in [-0.2, 0) is 0 Å². The van der Waals surface area contributed by atoms with Crippen molar-refractivity contribution in [2.45, 2.75) is 6.92 Å². The van der Waals surface area contributed by atoms with E-state index in [2.05, 4.69) is 10.6 Å². The molecule has 0 unspecified atom stereocenters. The molecule has 0 fully saturated rings. The van der Waals surface area contributed by atoms with Gasteiger partial charge in [-0.25, -0.2) is 0 Å². The van der Waals surface area contributed by atoms with Crippen LogP contribution in [-0.4, -0.2) is 11.8 Å². The maximum atomic E-state index is 12.5. The third kappa shape index (κ3) is 4.39. The summed E-state index contributed by atoms with van der Waals surface area (Å²) in [6, 6.07) is 22.7. The molecular weight excluding hydrogens is 338 g/mol. The van der Waals surface area contributed by atoms with E-state index < -0.39 is 0 Å². The summed E-state index contributed by atoms with van der Waals surface area (Å²) in [5.41, 5.74) is 3.40. The number of nitriles is 1. The van der Waals surface area contributed by atoms with Crippen molar-refractivity contribution in [3.63, 3.8) is 0 Å². The molecule has 3 rings (SSSR count). The Balaban J connectivity index is 1.78. The summed E-state index contributed by atoms with van der Waals surface area (Å²) < 4.78 is 0. The van der Waals surface area contributed by atoms with Crippen LogP contribution in [0.25, 0.3) is 0 Å². The fourth-order valence-electron chi connectivity index (χ4n) is 2.55. The van der Waals surface area contributed by atoms with Crippen LogP contribution in [0.4, 0.5) is 11.4 Å². The second-order valence-corrected chi connectivity index (χ2v) is 6.00. The van der Waals surface area contributed by atoms with Gasteiger partial charge in [-0.2, -0.15) is 5.26 Å². The molecule has 0 aromatic heterocycles. The van der Waals surface area contributed by atoms with E-state index in [9.17, 15) is 9.59 Å². The number of rotatable bonds is 4. The van der Waals surface area contributed by atoms with Gasteiger partial charge in [0.1, 0.15) is 0 Å². The van der Waals surface area contributed by atoms with Crippen molar-refractivity contribution < 1.29 is 9.59 Å². The van der Waals surface area contributed by atoms with Gasteiger partial charge in [0.2, 0.25) is 0 Å². The van der Waals surface area contributed by atoms with Gasteiger partial charge in [-0.3, -0.25) is 9.59 Å². The van der Waals surface area contributed by atoms with Crippen LogP contribution in [0.15, 0.2) is 72.8 Å². The molecule has 0 radical (unpaired) electrons. The number of hydrogen-bond donors (Lipinski definition) is 2. The summed E-state index contributed by atoms with van der Waals surface area (Å²) in [5.74, 6) is -0.541. The van der Waals surface area contributed by atoms with Crippen molar-refractivity contribution in [2.24, 2.45) is 0 Å². The third-order valence-corrected chi connectivity index (χ3v) is 4.03. The van der Waals surface area contributed by atoms with Gasteiger partial charge in [-0.15, -0.1) is 0 Å². The zero-order valence-corrected chi connectivity index (χ0v) is 14.7. The van der Waals surface area contributed by atoms with E-state index in [-0.39, 0.29) is 11.8 Å². The monoisotopic (exact) mass is 355 g/mol. The summed E-state index contributed by atoms with van der Waals surface area (Å²) in [6.07, 6.45) is 0. The molecule has 3 aromatic rings. The number of amides is 2. The first kappa shape index (κ1) is 17.9. The van der Waals surface area contributed by atoms with E-state index in [0.29, 0.717) is 28.1 Å². The highest BCUT2D eigenvalue weighted by atomic mass is 16.2. The number of aryl methyl sites for hydroxylation is 1. The molecule has 0 aliphatic rings. The van der Waals surface area contributed by atoms with Crippen molar-refractivity contribution >= 4 is 23.2 Å². The Morgan fingerprint density at radius 3 is 2.26 bits per heavy atom. The topological polar surface area (TPSA) is 82.0 Å². The Bertz CT molecular complexity index is 1040. The number of hydrogen-bond acceptors (Lipinski definition) is 3. The molecule has 27 heavy (non-hydrogen) atoms. The fraction of sp³-hybridized carbons (Fsp3) is 0.0455. The normalized spacial score (nSPS) is 9.93. The quantitative estimate of drug-likeness (QED) is 0.729. The number of nitrogens with one attached hydrogen (secondary N) is 2. The van der Waals surface area contributed by atoms with Crippen LogP contribution in [0.3, 0.4) is 0 Å². The van der Waals surface area contributed by atoms with Crippen molar-refractivity contribution in [1.29, 1.82) is 5.26 Å². The Labute approximate surface area is 157 Å². The van der Waals surface area contributed by atoms with Gasteiger partial charge in [-0.05, 0) is 55.0 Å². The Hall–Kier alpha value is -3.91. The molecule has 0 spiro atoms. The van der Waals surface area contributed by atoms with Crippen LogP contribution < -0.4 is 10.6 Å². The van der Waals surface area contributed by atoms with E-state index >= 15 is 0 Å². The lowest BCUT2D eigenvalue weighted by Gasteiger charge is -2.12. The number of benzene rings is 3. The predicted octanol–water partition coefficient (Wildman–Crippen LogP) is 4.37. The van der Waals surface area contributed by atoms with Crippen molar-refractivity contribution in [3.05, 3.63) is 95.1 Å². The molecule has 5 heteroatoms. The smallest absolute Gasteiger partial charge is 0.255 e. The standard InChI is InChI=1S/C22H17N3O2/c1-15-10-11-19(24-21(26)17-7-3-2-4-8-17)13-20(15)25-22(27)18-9-5-6-16(12-18)14-23/h2-13H,1H3,(H,24,26)(H,25,27). The van der Waals surface area contributed by atoms with E-state index in [0.717, 1.165) is 5.56 Å². The fourth-order valence-corrected chi connectivity index (χ4v) is 2.55. The predicted molar refractivity (Wildman–Crippen MR) is 105 cm³/mol. The third-order valence-electron chi connectivity index (χ3n) is 4.03. The summed E-state index contributed by atoms with van der Waals surface area (Å²) in [5, 5.41) is 14.6. The minimum Gasteiger partial charge on any atom is -0.322 e. The Kier molecular flexibility index (Phi) is 5.29. The molecule has 2 N–H and O–H groups in total. The lowest BCUT2D eigenvalue weighted by molar-refractivity contribution is 0.101.